The number of methoxy groups -OCH3 is 1. The SMILES string of the molecule is CO[C@H]1O[C@@H]([C@H](O)C(C)(C)O)C[C@@H]1[C@@H]1CC[C@]23C[C@]12CC[C@@H]1[C@@]2(C)CC[C@H](OC(=O)CC(C)C)C(C)(C)[C@@H]2C[C@@H](O)[C@]13C. The van der Waals surface area contributed by atoms with E-state index in [1.165, 1.54) is 12.8 Å². The van der Waals surface area contributed by atoms with Gasteiger partial charge in [0.2, 0.25) is 0 Å². The first-order valence-corrected chi connectivity index (χ1v) is 17.4. The molecule has 246 valence electrons. The summed E-state index contributed by atoms with van der Waals surface area (Å²) >= 11 is 0. The van der Waals surface area contributed by atoms with Crippen LogP contribution in [0.2, 0.25) is 0 Å². The fourth-order valence-corrected chi connectivity index (χ4v) is 13.0. The maximum Gasteiger partial charge on any atom is 0.306 e. The Morgan fingerprint density at radius 3 is 2.35 bits per heavy atom. The predicted octanol–water partition coefficient (Wildman–Crippen LogP) is 5.86. The lowest BCUT2D eigenvalue weighted by Gasteiger charge is -2.68. The first-order chi connectivity index (χ1) is 19.9. The third-order valence-corrected chi connectivity index (χ3v) is 14.9. The largest absolute Gasteiger partial charge is 0.462 e. The van der Waals surface area contributed by atoms with Crippen molar-refractivity contribution in [2.75, 3.05) is 7.11 Å². The van der Waals surface area contributed by atoms with Crippen LogP contribution < -0.4 is 0 Å². The summed E-state index contributed by atoms with van der Waals surface area (Å²) in [6.45, 7) is 16.9. The molecule has 0 radical (unpaired) electrons. The first kappa shape index (κ1) is 32.2. The molecule has 0 aromatic carbocycles. The van der Waals surface area contributed by atoms with Crippen LogP contribution >= 0.6 is 0 Å². The van der Waals surface area contributed by atoms with Crippen LogP contribution in [-0.2, 0) is 19.0 Å². The molecule has 13 atom stereocenters. The molecule has 5 saturated carbocycles. The molecule has 6 rings (SSSR count). The zero-order valence-corrected chi connectivity index (χ0v) is 28.3. The summed E-state index contributed by atoms with van der Waals surface area (Å²) in [7, 11) is 1.70. The van der Waals surface area contributed by atoms with Crippen molar-refractivity contribution in [1.29, 1.82) is 0 Å². The van der Waals surface area contributed by atoms with Crippen molar-refractivity contribution in [3.8, 4) is 0 Å². The summed E-state index contributed by atoms with van der Waals surface area (Å²) < 4.78 is 18.3. The maximum absolute atomic E-state index is 12.7. The maximum atomic E-state index is 12.7. The monoisotopic (exact) mass is 604 g/mol. The van der Waals surface area contributed by atoms with Gasteiger partial charge in [-0.1, -0.05) is 41.5 Å². The zero-order valence-electron chi connectivity index (χ0n) is 28.3. The van der Waals surface area contributed by atoms with Crippen LogP contribution in [0.1, 0.15) is 120 Å². The standard InChI is InChI=1S/C36H60O7/c1-20(2)16-28(38)43-27-12-13-33(7)24-11-14-35-19-36(35,34(24,8)26(37)18-25(33)31(27,3)4)15-10-22(35)21-17-23(42-30(21)41-9)29(39)32(5,6)40/h20-27,29-30,37,39-40H,10-19H2,1-9H3/t21-,22+,23-,24-,25+,26-,27+,29+,30+,33-,34+,35-,36-/m1/s1. The molecule has 7 heteroatoms. The van der Waals surface area contributed by atoms with Gasteiger partial charge in [0.05, 0.1) is 17.8 Å². The van der Waals surface area contributed by atoms with Gasteiger partial charge in [0, 0.05) is 30.3 Å². The Morgan fingerprint density at radius 2 is 1.72 bits per heavy atom. The van der Waals surface area contributed by atoms with Crippen molar-refractivity contribution in [1.82, 2.24) is 0 Å². The van der Waals surface area contributed by atoms with Gasteiger partial charge in [0.15, 0.2) is 6.29 Å². The molecule has 43 heavy (non-hydrogen) atoms. The number of carbonyl (C=O) groups is 1. The summed E-state index contributed by atoms with van der Waals surface area (Å²) in [5, 5.41) is 33.7. The number of ether oxygens (including phenoxy) is 3. The highest BCUT2D eigenvalue weighted by molar-refractivity contribution is 5.69. The molecule has 1 heterocycles. The Labute approximate surface area is 259 Å². The lowest BCUT2D eigenvalue weighted by molar-refractivity contribution is -0.246. The molecule has 0 amide bonds. The minimum Gasteiger partial charge on any atom is -0.462 e. The van der Waals surface area contributed by atoms with Gasteiger partial charge in [-0.2, -0.15) is 0 Å². The number of rotatable bonds is 7. The molecule has 7 nitrogen and oxygen atoms in total. The highest BCUT2D eigenvalue weighted by Gasteiger charge is 2.86. The van der Waals surface area contributed by atoms with Gasteiger partial charge in [-0.25, -0.2) is 0 Å². The van der Waals surface area contributed by atoms with Gasteiger partial charge >= 0.3 is 5.97 Å². The predicted molar refractivity (Wildman–Crippen MR) is 164 cm³/mol. The van der Waals surface area contributed by atoms with E-state index >= 15 is 0 Å². The van der Waals surface area contributed by atoms with Crippen molar-refractivity contribution in [3.05, 3.63) is 0 Å². The molecule has 5 aliphatic carbocycles. The lowest BCUT2D eigenvalue weighted by Crippen LogP contribution is -2.66. The van der Waals surface area contributed by atoms with Gasteiger partial charge in [-0.05, 0) is 112 Å². The number of aliphatic hydroxyl groups is 3. The van der Waals surface area contributed by atoms with Gasteiger partial charge < -0.3 is 29.5 Å². The Kier molecular flexibility index (Phi) is 7.59. The topological polar surface area (TPSA) is 105 Å². The van der Waals surface area contributed by atoms with Crippen molar-refractivity contribution in [2.24, 2.45) is 56.7 Å². The van der Waals surface area contributed by atoms with Gasteiger partial charge in [0.1, 0.15) is 12.2 Å². The Bertz CT molecular complexity index is 1100. The highest BCUT2D eigenvalue weighted by atomic mass is 16.7. The average molecular weight is 605 g/mol. The molecular weight excluding hydrogens is 544 g/mol. The molecule has 6 aliphatic rings. The van der Waals surface area contributed by atoms with Crippen LogP contribution in [0.5, 0.6) is 0 Å². The van der Waals surface area contributed by atoms with E-state index in [0.29, 0.717) is 30.6 Å². The third-order valence-electron chi connectivity index (χ3n) is 14.9. The fourth-order valence-electron chi connectivity index (χ4n) is 13.0. The van der Waals surface area contributed by atoms with Gasteiger partial charge in [-0.3, -0.25) is 4.79 Å². The molecule has 0 aromatic heterocycles. The minimum absolute atomic E-state index is 0.0863. The molecule has 0 aromatic rings. The summed E-state index contributed by atoms with van der Waals surface area (Å²) in [5.41, 5.74) is -1.20. The van der Waals surface area contributed by atoms with Crippen LogP contribution in [0.4, 0.5) is 0 Å². The van der Waals surface area contributed by atoms with E-state index in [4.69, 9.17) is 14.2 Å². The first-order valence-electron chi connectivity index (χ1n) is 17.4. The number of aliphatic hydroxyl groups excluding tert-OH is 2. The molecule has 3 N–H and O–H groups in total. The molecule has 0 bridgehead atoms. The van der Waals surface area contributed by atoms with Crippen LogP contribution in [0.15, 0.2) is 0 Å². The molecule has 0 unspecified atom stereocenters. The normalized spacial score (nSPS) is 50.8. The minimum atomic E-state index is -1.24. The Hall–Kier alpha value is -0.730. The van der Waals surface area contributed by atoms with E-state index in [1.807, 2.05) is 0 Å². The van der Waals surface area contributed by atoms with Crippen LogP contribution in [0, 0.1) is 56.7 Å². The van der Waals surface area contributed by atoms with Crippen LogP contribution in [-0.4, -0.2) is 64.7 Å². The second kappa shape index (κ2) is 10.1. The number of hydrogen-bond acceptors (Lipinski definition) is 7. The molecule has 6 fully saturated rings. The average Bonchev–Trinajstić information content (AvgIpc) is 3.23. The highest BCUT2D eigenvalue weighted by Crippen LogP contribution is 2.91. The third kappa shape index (κ3) is 4.33. The Morgan fingerprint density at radius 1 is 1.02 bits per heavy atom. The molecule has 0 spiro atoms. The zero-order chi connectivity index (χ0) is 31.5. The summed E-state index contributed by atoms with van der Waals surface area (Å²) in [6.07, 6.45) is 7.27. The summed E-state index contributed by atoms with van der Waals surface area (Å²) in [6, 6.07) is 0. The van der Waals surface area contributed by atoms with Crippen molar-refractivity contribution < 1.29 is 34.3 Å². The van der Waals surface area contributed by atoms with Crippen molar-refractivity contribution in [2.45, 2.75) is 156 Å². The van der Waals surface area contributed by atoms with Gasteiger partial charge in [0.25, 0.3) is 0 Å². The second-order valence-electron chi connectivity index (χ2n) is 18.0. The van der Waals surface area contributed by atoms with E-state index < -0.39 is 17.8 Å². The van der Waals surface area contributed by atoms with Crippen molar-refractivity contribution >= 4 is 5.97 Å². The fraction of sp³-hybridized carbons (Fsp3) is 0.972. The molecular formula is C36H60O7. The number of esters is 1. The van der Waals surface area contributed by atoms with E-state index in [0.717, 1.165) is 38.5 Å². The van der Waals surface area contributed by atoms with Gasteiger partial charge in [-0.15, -0.1) is 0 Å². The Balaban J connectivity index is 1.25. The molecule has 1 aliphatic heterocycles. The van der Waals surface area contributed by atoms with E-state index in [-0.39, 0.29) is 63.4 Å². The number of hydrogen-bond donors (Lipinski definition) is 3. The quantitative estimate of drug-likeness (QED) is 0.313. The summed E-state index contributed by atoms with van der Waals surface area (Å²) in [4.78, 5) is 12.7. The van der Waals surface area contributed by atoms with E-state index in [9.17, 15) is 20.1 Å². The summed E-state index contributed by atoms with van der Waals surface area (Å²) in [5.74, 6) is 1.53. The smallest absolute Gasteiger partial charge is 0.306 e. The second-order valence-corrected chi connectivity index (χ2v) is 18.0. The van der Waals surface area contributed by atoms with E-state index in [2.05, 4.69) is 41.5 Å². The van der Waals surface area contributed by atoms with E-state index in [1.54, 1.807) is 21.0 Å². The number of fused-ring (bicyclic) bond motifs is 3. The van der Waals surface area contributed by atoms with Crippen molar-refractivity contribution in [3.63, 3.8) is 0 Å². The molecule has 1 saturated heterocycles. The lowest BCUT2D eigenvalue weighted by atomic mass is 9.37. The van der Waals surface area contributed by atoms with Crippen LogP contribution in [0.25, 0.3) is 0 Å². The number of carbonyl (C=O) groups excluding carboxylic acids is 1. The van der Waals surface area contributed by atoms with Crippen LogP contribution in [0.3, 0.4) is 0 Å².